The van der Waals surface area contributed by atoms with Crippen LogP contribution in [0.25, 0.3) is 5.69 Å². The van der Waals surface area contributed by atoms with Gasteiger partial charge in [0.15, 0.2) is 5.69 Å². The molecule has 20 heavy (non-hydrogen) atoms. The van der Waals surface area contributed by atoms with Gasteiger partial charge in [-0.3, -0.25) is 0 Å². The maximum absolute atomic E-state index is 13.0. The smallest absolute Gasteiger partial charge is 0.250 e. The molecule has 0 atom stereocenters. The summed E-state index contributed by atoms with van der Waals surface area (Å²) in [5.74, 6) is 0.778. The molecule has 0 saturated heterocycles. The molecule has 0 bridgehead atoms. The van der Waals surface area contributed by atoms with E-state index in [-0.39, 0.29) is 11.6 Å². The van der Waals surface area contributed by atoms with E-state index in [4.69, 9.17) is 0 Å². The number of nitrogens with zero attached hydrogens (tertiary/aromatic N) is 4. The van der Waals surface area contributed by atoms with Crippen molar-refractivity contribution in [1.29, 1.82) is 0 Å². The van der Waals surface area contributed by atoms with Crippen molar-refractivity contribution in [1.82, 2.24) is 19.7 Å². The predicted octanol–water partition coefficient (Wildman–Crippen LogP) is 3.34. The highest BCUT2D eigenvalue weighted by atomic mass is 19.4. The molecule has 0 N–H and O–H groups in total. The summed E-state index contributed by atoms with van der Waals surface area (Å²) in [4.78, 5) is 7.61. The summed E-state index contributed by atoms with van der Waals surface area (Å²) in [6.45, 7) is 0. The van der Waals surface area contributed by atoms with Crippen molar-refractivity contribution >= 4 is 0 Å². The van der Waals surface area contributed by atoms with Crippen LogP contribution in [0.1, 0.15) is 43.1 Å². The monoisotopic (exact) mass is 282 g/mol. The molecule has 106 valence electrons. The Bertz CT molecular complexity index is 600. The van der Waals surface area contributed by atoms with Gasteiger partial charge in [-0.25, -0.2) is 14.6 Å². The summed E-state index contributed by atoms with van der Waals surface area (Å²) in [5, 5.41) is 3.97. The summed E-state index contributed by atoms with van der Waals surface area (Å²) >= 11 is 0. The van der Waals surface area contributed by atoms with Crippen molar-refractivity contribution in [3.63, 3.8) is 0 Å². The van der Waals surface area contributed by atoms with Crippen LogP contribution in [0.4, 0.5) is 13.2 Å². The zero-order valence-electron chi connectivity index (χ0n) is 10.6. The van der Waals surface area contributed by atoms with Crippen LogP contribution in [-0.2, 0) is 6.18 Å². The van der Waals surface area contributed by atoms with E-state index >= 15 is 0 Å². The van der Waals surface area contributed by atoms with E-state index in [2.05, 4.69) is 15.1 Å². The minimum atomic E-state index is -4.50. The van der Waals surface area contributed by atoms with Gasteiger partial charge in [0, 0.05) is 12.1 Å². The summed E-state index contributed by atoms with van der Waals surface area (Å²) in [6.07, 6.45) is 1.99. The maximum Gasteiger partial charge on any atom is 0.435 e. The van der Waals surface area contributed by atoms with Crippen molar-refractivity contribution in [2.24, 2.45) is 0 Å². The van der Waals surface area contributed by atoms with Crippen molar-refractivity contribution in [2.45, 2.75) is 37.8 Å². The average Bonchev–Trinajstić information content (AvgIpc) is 3.08. The molecule has 1 fully saturated rings. The quantitative estimate of drug-likeness (QED) is 0.848. The molecule has 1 aliphatic carbocycles. The van der Waals surface area contributed by atoms with Gasteiger partial charge in [0.2, 0.25) is 0 Å². The lowest BCUT2D eigenvalue weighted by atomic mass is 10.1. The maximum atomic E-state index is 13.0. The number of hydrogen-bond acceptors (Lipinski definition) is 3. The van der Waals surface area contributed by atoms with Crippen LogP contribution >= 0.6 is 0 Å². The third-order valence-electron chi connectivity index (χ3n) is 3.58. The topological polar surface area (TPSA) is 43.6 Å². The molecule has 0 unspecified atom stereocenters. The lowest BCUT2D eigenvalue weighted by molar-refractivity contribution is -0.141. The molecule has 7 heteroatoms. The van der Waals surface area contributed by atoms with Crippen molar-refractivity contribution in [2.75, 3.05) is 0 Å². The van der Waals surface area contributed by atoms with Gasteiger partial charge >= 0.3 is 6.18 Å². The number of aromatic nitrogens is 4. The van der Waals surface area contributed by atoms with Crippen LogP contribution in [0, 0.1) is 0 Å². The van der Waals surface area contributed by atoms with Crippen LogP contribution in [0.3, 0.4) is 0 Å². The van der Waals surface area contributed by atoms with Crippen molar-refractivity contribution in [3.8, 4) is 5.69 Å². The summed E-state index contributed by atoms with van der Waals surface area (Å²) in [7, 11) is 0. The van der Waals surface area contributed by atoms with Gasteiger partial charge in [-0.1, -0.05) is 12.8 Å². The Morgan fingerprint density at radius 1 is 1.15 bits per heavy atom. The summed E-state index contributed by atoms with van der Waals surface area (Å²) in [5.41, 5.74) is -0.982. The van der Waals surface area contributed by atoms with Crippen LogP contribution in [0.15, 0.2) is 24.7 Å². The van der Waals surface area contributed by atoms with E-state index in [9.17, 15) is 13.2 Å². The lowest BCUT2D eigenvalue weighted by Gasteiger charge is -2.15. The molecule has 4 nitrogen and oxygen atoms in total. The predicted molar refractivity (Wildman–Crippen MR) is 65.4 cm³/mol. The van der Waals surface area contributed by atoms with E-state index in [1.807, 2.05) is 0 Å². The van der Waals surface area contributed by atoms with Crippen LogP contribution in [0.2, 0.25) is 0 Å². The average molecular weight is 282 g/mol. The van der Waals surface area contributed by atoms with E-state index in [0.717, 1.165) is 31.9 Å². The highest BCUT2D eigenvalue weighted by Crippen LogP contribution is 2.36. The zero-order chi connectivity index (χ0) is 14.2. The summed E-state index contributed by atoms with van der Waals surface area (Å²) in [6, 6.07) is 2.85. The fourth-order valence-corrected chi connectivity index (χ4v) is 2.68. The molecule has 0 aliphatic heterocycles. The molecule has 0 amide bonds. The van der Waals surface area contributed by atoms with Crippen molar-refractivity contribution < 1.29 is 13.2 Å². The molecule has 3 rings (SSSR count). The molecule has 0 radical (unpaired) electrons. The third kappa shape index (κ3) is 2.28. The molecule has 0 spiro atoms. The molecular formula is C13H13F3N4. The van der Waals surface area contributed by atoms with Gasteiger partial charge in [-0.05, 0) is 25.0 Å². The number of rotatable bonds is 2. The number of alkyl halides is 3. The first-order valence-corrected chi connectivity index (χ1v) is 6.50. The summed E-state index contributed by atoms with van der Waals surface area (Å²) < 4.78 is 40.4. The Morgan fingerprint density at radius 3 is 2.60 bits per heavy atom. The Hall–Kier alpha value is -1.92. The van der Waals surface area contributed by atoms with E-state index in [0.29, 0.717) is 5.82 Å². The van der Waals surface area contributed by atoms with E-state index in [1.165, 1.54) is 23.1 Å². The molecule has 1 aliphatic rings. The fourth-order valence-electron chi connectivity index (χ4n) is 2.68. The molecule has 0 aromatic carbocycles. The second-order valence-corrected chi connectivity index (χ2v) is 4.88. The third-order valence-corrected chi connectivity index (χ3v) is 3.58. The Labute approximate surface area is 113 Å². The molecule has 2 aromatic heterocycles. The van der Waals surface area contributed by atoms with Crippen LogP contribution < -0.4 is 0 Å². The minimum absolute atomic E-state index is 0.0561. The van der Waals surface area contributed by atoms with Gasteiger partial charge in [-0.15, -0.1) is 0 Å². The molecule has 1 saturated carbocycles. The Kier molecular flexibility index (Phi) is 3.19. The van der Waals surface area contributed by atoms with E-state index in [1.54, 1.807) is 0 Å². The number of halogens is 3. The first-order chi connectivity index (χ1) is 9.57. The SMILES string of the molecule is FC(F)(F)c1ncccc1-n1ncnc1C1CCCC1. The molecule has 2 heterocycles. The number of hydrogen-bond donors (Lipinski definition) is 0. The molecular weight excluding hydrogens is 269 g/mol. The van der Waals surface area contributed by atoms with Gasteiger partial charge in [0.1, 0.15) is 12.2 Å². The van der Waals surface area contributed by atoms with E-state index < -0.39 is 11.9 Å². The second kappa shape index (κ2) is 4.88. The first kappa shape index (κ1) is 13.1. The number of pyridine rings is 1. The van der Waals surface area contributed by atoms with Crippen LogP contribution in [0.5, 0.6) is 0 Å². The normalized spacial score (nSPS) is 16.8. The van der Waals surface area contributed by atoms with Crippen molar-refractivity contribution in [3.05, 3.63) is 36.2 Å². The fraction of sp³-hybridized carbons (Fsp3) is 0.462. The van der Waals surface area contributed by atoms with Gasteiger partial charge in [0.25, 0.3) is 0 Å². The highest BCUT2D eigenvalue weighted by Gasteiger charge is 2.37. The second-order valence-electron chi connectivity index (χ2n) is 4.88. The van der Waals surface area contributed by atoms with Gasteiger partial charge < -0.3 is 0 Å². The zero-order valence-corrected chi connectivity index (χ0v) is 10.6. The highest BCUT2D eigenvalue weighted by molar-refractivity contribution is 5.38. The first-order valence-electron chi connectivity index (χ1n) is 6.50. The largest absolute Gasteiger partial charge is 0.435 e. The Balaban J connectivity index is 2.08. The van der Waals surface area contributed by atoms with Crippen LogP contribution in [-0.4, -0.2) is 19.7 Å². The van der Waals surface area contributed by atoms with Gasteiger partial charge in [0.05, 0.1) is 5.69 Å². The minimum Gasteiger partial charge on any atom is -0.250 e. The molecule has 2 aromatic rings. The standard InChI is InChI=1S/C13H13F3N4/c14-13(15,16)11-10(6-3-7-17-11)20-12(18-8-19-20)9-4-1-2-5-9/h3,6-9H,1-2,4-5H2. The lowest BCUT2D eigenvalue weighted by Crippen LogP contribution is -2.16. The Morgan fingerprint density at radius 2 is 1.90 bits per heavy atom. The van der Waals surface area contributed by atoms with Gasteiger partial charge in [-0.2, -0.15) is 18.3 Å².